The van der Waals surface area contributed by atoms with Gasteiger partial charge in [0.15, 0.2) is 0 Å². The second-order valence-electron chi connectivity index (χ2n) is 6.27. The maximum Gasteiger partial charge on any atom is 0.319 e. The van der Waals surface area contributed by atoms with Crippen molar-refractivity contribution in [3.63, 3.8) is 0 Å². The summed E-state index contributed by atoms with van der Waals surface area (Å²) in [5.41, 5.74) is 0. The molecule has 0 spiro atoms. The lowest BCUT2D eigenvalue weighted by Gasteiger charge is -2.35. The zero-order valence-electron chi connectivity index (χ0n) is 13.9. The number of piperidine rings is 2. The smallest absolute Gasteiger partial charge is 0.319 e. The molecule has 2 rings (SSSR count). The highest BCUT2D eigenvalue weighted by atomic mass is 16.2. The number of amides is 3. The Labute approximate surface area is 133 Å². The van der Waals surface area contributed by atoms with Gasteiger partial charge in [0.1, 0.15) is 0 Å². The number of nitrogens with zero attached hydrogens (tertiary/aromatic N) is 2. The number of likely N-dealkylation sites (tertiary alicyclic amines) is 1. The lowest BCUT2D eigenvalue weighted by Crippen LogP contribution is -2.51. The van der Waals surface area contributed by atoms with Crippen molar-refractivity contribution in [1.82, 2.24) is 20.4 Å². The predicted octanol–water partition coefficient (Wildman–Crippen LogP) is 1.03. The minimum Gasteiger partial charge on any atom is -0.352 e. The molecule has 6 nitrogen and oxygen atoms in total. The van der Waals surface area contributed by atoms with E-state index in [9.17, 15) is 9.59 Å². The lowest BCUT2D eigenvalue weighted by atomic mass is 9.95. The molecule has 0 aromatic heterocycles. The van der Waals surface area contributed by atoms with E-state index in [1.165, 1.54) is 0 Å². The molecular weight excluding hydrogens is 280 g/mol. The fourth-order valence-corrected chi connectivity index (χ4v) is 3.32. The van der Waals surface area contributed by atoms with E-state index in [1.54, 1.807) is 0 Å². The summed E-state index contributed by atoms with van der Waals surface area (Å²) in [6.45, 7) is 8.80. The standard InChI is InChI=1S/C16H30N4O2/c1-3-19(4-2)16(22)20-10-7-13(8-11-20)15(21)18-14-6-5-9-17-12-14/h13-14,17H,3-12H2,1-2H3,(H,18,21)/t14-/m0/s1. The summed E-state index contributed by atoms with van der Waals surface area (Å²) in [7, 11) is 0. The van der Waals surface area contributed by atoms with Gasteiger partial charge in [0.2, 0.25) is 5.91 Å². The molecule has 1 atom stereocenters. The Balaban J connectivity index is 1.76. The van der Waals surface area contributed by atoms with Crippen molar-refractivity contribution in [2.24, 2.45) is 5.92 Å². The van der Waals surface area contributed by atoms with Crippen molar-refractivity contribution in [1.29, 1.82) is 0 Å². The third kappa shape index (κ3) is 4.35. The van der Waals surface area contributed by atoms with E-state index < -0.39 is 0 Å². The van der Waals surface area contributed by atoms with Crippen molar-refractivity contribution in [3.8, 4) is 0 Å². The van der Waals surface area contributed by atoms with Gasteiger partial charge >= 0.3 is 6.03 Å². The minimum atomic E-state index is 0.0580. The molecule has 22 heavy (non-hydrogen) atoms. The molecule has 0 radical (unpaired) electrons. The molecule has 0 aliphatic carbocycles. The van der Waals surface area contributed by atoms with Crippen molar-refractivity contribution in [3.05, 3.63) is 0 Å². The van der Waals surface area contributed by atoms with E-state index >= 15 is 0 Å². The molecule has 0 unspecified atom stereocenters. The molecule has 0 bridgehead atoms. The van der Waals surface area contributed by atoms with E-state index in [0.717, 1.165) is 51.9 Å². The molecule has 6 heteroatoms. The normalized spacial score (nSPS) is 23.2. The van der Waals surface area contributed by atoms with Crippen molar-refractivity contribution >= 4 is 11.9 Å². The summed E-state index contributed by atoms with van der Waals surface area (Å²) in [6, 6.07) is 0.386. The van der Waals surface area contributed by atoms with E-state index in [2.05, 4.69) is 10.6 Å². The van der Waals surface area contributed by atoms with Crippen LogP contribution in [0.4, 0.5) is 4.79 Å². The maximum atomic E-state index is 12.3. The van der Waals surface area contributed by atoms with E-state index in [-0.39, 0.29) is 23.9 Å². The Hall–Kier alpha value is -1.30. The molecule has 3 amide bonds. The second kappa shape index (κ2) is 8.36. The molecule has 2 heterocycles. The third-order valence-corrected chi connectivity index (χ3v) is 4.81. The van der Waals surface area contributed by atoms with Gasteiger partial charge in [-0.15, -0.1) is 0 Å². The van der Waals surface area contributed by atoms with Crippen LogP contribution in [0.15, 0.2) is 0 Å². The molecular formula is C16H30N4O2. The number of hydrogen-bond acceptors (Lipinski definition) is 3. The van der Waals surface area contributed by atoms with Gasteiger partial charge in [0.25, 0.3) is 0 Å². The predicted molar refractivity (Wildman–Crippen MR) is 86.6 cm³/mol. The van der Waals surface area contributed by atoms with Crippen LogP contribution >= 0.6 is 0 Å². The quantitative estimate of drug-likeness (QED) is 0.815. The van der Waals surface area contributed by atoms with Crippen LogP contribution in [0.2, 0.25) is 0 Å². The van der Waals surface area contributed by atoms with Gasteiger partial charge in [-0.2, -0.15) is 0 Å². The number of carbonyl (C=O) groups excluding carboxylic acids is 2. The highest BCUT2D eigenvalue weighted by Crippen LogP contribution is 2.19. The molecule has 2 aliphatic rings. The van der Waals surface area contributed by atoms with Gasteiger partial charge in [-0.05, 0) is 46.1 Å². The summed E-state index contributed by atoms with van der Waals surface area (Å²) in [5, 5.41) is 6.48. The topological polar surface area (TPSA) is 64.7 Å². The lowest BCUT2D eigenvalue weighted by molar-refractivity contribution is -0.127. The van der Waals surface area contributed by atoms with E-state index in [1.807, 2.05) is 23.6 Å². The minimum absolute atomic E-state index is 0.0580. The van der Waals surface area contributed by atoms with Crippen LogP contribution in [0.3, 0.4) is 0 Å². The van der Waals surface area contributed by atoms with Crippen LogP contribution in [-0.4, -0.2) is 67.0 Å². The summed E-state index contributed by atoms with van der Waals surface area (Å²) in [4.78, 5) is 28.4. The monoisotopic (exact) mass is 310 g/mol. The highest BCUT2D eigenvalue weighted by molar-refractivity contribution is 5.80. The first-order valence-electron chi connectivity index (χ1n) is 8.70. The Kier molecular flexibility index (Phi) is 6.49. The zero-order valence-corrected chi connectivity index (χ0v) is 13.9. The summed E-state index contributed by atoms with van der Waals surface area (Å²) < 4.78 is 0. The van der Waals surface area contributed by atoms with Crippen LogP contribution in [0.1, 0.15) is 39.5 Å². The Morgan fingerprint density at radius 2 is 1.86 bits per heavy atom. The van der Waals surface area contributed by atoms with Crippen LogP contribution in [-0.2, 0) is 4.79 Å². The summed E-state index contributed by atoms with van der Waals surface area (Å²) in [5.74, 6) is 0.228. The molecule has 0 aromatic carbocycles. The van der Waals surface area contributed by atoms with Crippen molar-refractivity contribution < 1.29 is 9.59 Å². The fourth-order valence-electron chi connectivity index (χ4n) is 3.32. The molecule has 2 saturated heterocycles. The summed E-state index contributed by atoms with van der Waals surface area (Å²) in [6.07, 6.45) is 3.75. The Morgan fingerprint density at radius 1 is 1.18 bits per heavy atom. The molecule has 2 aliphatic heterocycles. The maximum absolute atomic E-state index is 12.3. The molecule has 0 aromatic rings. The molecule has 0 saturated carbocycles. The largest absolute Gasteiger partial charge is 0.352 e. The second-order valence-corrected chi connectivity index (χ2v) is 6.27. The van der Waals surface area contributed by atoms with Gasteiger partial charge in [0.05, 0.1) is 0 Å². The van der Waals surface area contributed by atoms with Crippen LogP contribution in [0.25, 0.3) is 0 Å². The van der Waals surface area contributed by atoms with Gasteiger partial charge in [-0.3, -0.25) is 4.79 Å². The van der Waals surface area contributed by atoms with Crippen molar-refractivity contribution in [2.45, 2.75) is 45.6 Å². The number of carbonyl (C=O) groups is 2. The van der Waals surface area contributed by atoms with Gasteiger partial charge in [-0.1, -0.05) is 0 Å². The van der Waals surface area contributed by atoms with Crippen LogP contribution in [0, 0.1) is 5.92 Å². The first kappa shape index (κ1) is 17.1. The van der Waals surface area contributed by atoms with Gasteiger partial charge in [-0.25, -0.2) is 4.79 Å². The Bertz CT molecular complexity index is 370. The average molecular weight is 310 g/mol. The molecule has 2 fully saturated rings. The van der Waals surface area contributed by atoms with E-state index in [4.69, 9.17) is 0 Å². The fraction of sp³-hybridized carbons (Fsp3) is 0.875. The van der Waals surface area contributed by atoms with Gasteiger partial charge < -0.3 is 20.4 Å². The first-order chi connectivity index (χ1) is 10.7. The number of urea groups is 1. The summed E-state index contributed by atoms with van der Waals surface area (Å²) >= 11 is 0. The number of hydrogen-bond donors (Lipinski definition) is 2. The SMILES string of the molecule is CCN(CC)C(=O)N1CCC(C(=O)N[C@H]2CCCNC2)CC1. The van der Waals surface area contributed by atoms with Crippen LogP contribution < -0.4 is 10.6 Å². The highest BCUT2D eigenvalue weighted by Gasteiger charge is 2.29. The molecule has 126 valence electrons. The van der Waals surface area contributed by atoms with Gasteiger partial charge in [0, 0.05) is 44.7 Å². The first-order valence-corrected chi connectivity index (χ1v) is 8.70. The third-order valence-electron chi connectivity index (χ3n) is 4.81. The van der Waals surface area contributed by atoms with E-state index in [0.29, 0.717) is 13.1 Å². The molecule has 2 N–H and O–H groups in total. The average Bonchev–Trinajstić information content (AvgIpc) is 2.57. The zero-order chi connectivity index (χ0) is 15.9. The van der Waals surface area contributed by atoms with Crippen molar-refractivity contribution in [2.75, 3.05) is 39.3 Å². The van der Waals surface area contributed by atoms with Crippen LogP contribution in [0.5, 0.6) is 0 Å². The number of nitrogens with one attached hydrogen (secondary N) is 2. The number of rotatable bonds is 4. The Morgan fingerprint density at radius 3 is 2.41 bits per heavy atom.